The number of benzene rings is 1. The molecule has 0 atom stereocenters. The lowest BCUT2D eigenvalue weighted by atomic mass is 9.72. The fourth-order valence-corrected chi connectivity index (χ4v) is 3.81. The van der Waals surface area contributed by atoms with Gasteiger partial charge in [0.25, 0.3) is 10.1 Å². The maximum Gasteiger partial charge on any atom is 0.294 e. The number of aryl methyl sites for hydroxylation is 1. The van der Waals surface area contributed by atoms with Crippen molar-refractivity contribution < 1.29 is 13.0 Å². The highest BCUT2D eigenvalue weighted by Gasteiger charge is 2.28. The fourth-order valence-electron chi connectivity index (χ4n) is 3.09. The van der Waals surface area contributed by atoms with E-state index in [0.717, 1.165) is 30.4 Å². The summed E-state index contributed by atoms with van der Waals surface area (Å²) in [5.41, 5.74) is 2.20. The van der Waals surface area contributed by atoms with Crippen molar-refractivity contribution in [3.05, 3.63) is 29.3 Å². The predicted molar refractivity (Wildman–Crippen MR) is 80.4 cm³/mol. The summed E-state index contributed by atoms with van der Waals surface area (Å²) in [6.07, 6.45) is 5.37. The van der Waals surface area contributed by atoms with Crippen LogP contribution in [0.5, 0.6) is 0 Å². The lowest BCUT2D eigenvalue weighted by molar-refractivity contribution is 0.190. The highest BCUT2D eigenvalue weighted by atomic mass is 32.2. The summed E-state index contributed by atoms with van der Waals surface area (Å²) in [6.45, 7) is 6.53. The van der Waals surface area contributed by atoms with E-state index in [9.17, 15) is 13.0 Å². The van der Waals surface area contributed by atoms with Gasteiger partial charge in [0.15, 0.2) is 0 Å². The van der Waals surface area contributed by atoms with Gasteiger partial charge in [-0.2, -0.15) is 8.42 Å². The minimum Gasteiger partial charge on any atom is -0.282 e. The van der Waals surface area contributed by atoms with Crippen LogP contribution in [0.2, 0.25) is 0 Å². The molecule has 4 heteroatoms. The smallest absolute Gasteiger partial charge is 0.282 e. The Hall–Kier alpha value is -0.870. The zero-order valence-corrected chi connectivity index (χ0v) is 13.3. The van der Waals surface area contributed by atoms with Crippen molar-refractivity contribution in [2.45, 2.75) is 57.8 Å². The summed E-state index contributed by atoms with van der Waals surface area (Å²) >= 11 is 0. The number of hydrogen-bond donors (Lipinski definition) is 1. The number of hydrogen-bond acceptors (Lipinski definition) is 2. The SMILES string of the molecule is Cc1ccc(S(=O)(=O)O)c(CC2CCC(C)(C)CC2)c1. The van der Waals surface area contributed by atoms with Crippen LogP contribution >= 0.6 is 0 Å². The maximum atomic E-state index is 11.5. The average Bonchev–Trinajstić information content (AvgIpc) is 2.30. The first-order valence-corrected chi connectivity index (χ1v) is 8.68. The lowest BCUT2D eigenvalue weighted by Gasteiger charge is -2.34. The first kappa shape index (κ1) is 15.5. The van der Waals surface area contributed by atoms with Crippen LogP contribution in [0.4, 0.5) is 0 Å². The van der Waals surface area contributed by atoms with E-state index in [-0.39, 0.29) is 4.90 Å². The molecule has 0 unspecified atom stereocenters. The van der Waals surface area contributed by atoms with E-state index in [0.29, 0.717) is 11.3 Å². The molecule has 2 rings (SSSR count). The molecule has 1 aliphatic carbocycles. The van der Waals surface area contributed by atoms with Gasteiger partial charge in [-0.05, 0) is 62.0 Å². The highest BCUT2D eigenvalue weighted by Crippen LogP contribution is 2.39. The Balaban J connectivity index is 2.19. The quantitative estimate of drug-likeness (QED) is 0.858. The average molecular weight is 296 g/mol. The number of rotatable bonds is 3. The van der Waals surface area contributed by atoms with Gasteiger partial charge in [0, 0.05) is 0 Å². The molecule has 0 heterocycles. The second kappa shape index (κ2) is 5.49. The lowest BCUT2D eigenvalue weighted by Crippen LogP contribution is -2.22. The van der Waals surface area contributed by atoms with Gasteiger partial charge in [-0.1, -0.05) is 31.5 Å². The van der Waals surface area contributed by atoms with E-state index in [1.54, 1.807) is 6.07 Å². The normalized spacial score (nSPS) is 20.0. The standard InChI is InChI=1S/C16H24O3S/c1-12-4-5-15(20(17,18)19)14(10-12)11-13-6-8-16(2,3)9-7-13/h4-5,10,13H,6-9,11H2,1-3H3,(H,17,18,19). The van der Waals surface area contributed by atoms with Crippen LogP contribution in [-0.4, -0.2) is 13.0 Å². The van der Waals surface area contributed by atoms with Crippen LogP contribution in [0.1, 0.15) is 50.7 Å². The zero-order valence-electron chi connectivity index (χ0n) is 12.5. The van der Waals surface area contributed by atoms with Gasteiger partial charge in [0.2, 0.25) is 0 Å². The van der Waals surface area contributed by atoms with Gasteiger partial charge in [0.1, 0.15) is 0 Å². The summed E-state index contributed by atoms with van der Waals surface area (Å²) < 4.78 is 32.3. The van der Waals surface area contributed by atoms with E-state index in [2.05, 4.69) is 13.8 Å². The molecule has 0 aliphatic heterocycles. The van der Waals surface area contributed by atoms with Crippen LogP contribution < -0.4 is 0 Å². The Labute approximate surface area is 122 Å². The third-order valence-corrected chi connectivity index (χ3v) is 5.42. The molecular weight excluding hydrogens is 272 g/mol. The van der Waals surface area contributed by atoms with Crippen molar-refractivity contribution in [2.75, 3.05) is 0 Å². The van der Waals surface area contributed by atoms with E-state index in [1.807, 2.05) is 13.0 Å². The third-order valence-electron chi connectivity index (χ3n) is 4.46. The molecule has 0 aromatic heterocycles. The molecule has 0 bridgehead atoms. The summed E-state index contributed by atoms with van der Waals surface area (Å²) in [6, 6.07) is 5.15. The Kier molecular flexibility index (Phi) is 4.26. The molecule has 0 amide bonds. The third kappa shape index (κ3) is 3.83. The second-order valence-corrected chi connectivity index (χ2v) is 8.29. The van der Waals surface area contributed by atoms with E-state index >= 15 is 0 Å². The van der Waals surface area contributed by atoms with Crippen LogP contribution in [-0.2, 0) is 16.5 Å². The molecule has 0 saturated heterocycles. The molecule has 0 spiro atoms. The molecule has 1 N–H and O–H groups in total. The molecule has 20 heavy (non-hydrogen) atoms. The first-order chi connectivity index (χ1) is 9.17. The fraction of sp³-hybridized carbons (Fsp3) is 0.625. The summed E-state index contributed by atoms with van der Waals surface area (Å²) in [4.78, 5) is 0.0768. The van der Waals surface area contributed by atoms with Crippen molar-refractivity contribution in [3.8, 4) is 0 Å². The topological polar surface area (TPSA) is 54.4 Å². The van der Waals surface area contributed by atoms with Gasteiger partial charge in [-0.15, -0.1) is 0 Å². The molecule has 1 aromatic rings. The highest BCUT2D eigenvalue weighted by molar-refractivity contribution is 7.85. The van der Waals surface area contributed by atoms with Crippen molar-refractivity contribution in [3.63, 3.8) is 0 Å². The molecule has 1 aliphatic rings. The Bertz CT molecular complexity index is 578. The first-order valence-electron chi connectivity index (χ1n) is 7.24. The van der Waals surface area contributed by atoms with Gasteiger partial charge in [-0.3, -0.25) is 4.55 Å². The molecule has 112 valence electrons. The minimum absolute atomic E-state index is 0.0768. The van der Waals surface area contributed by atoms with E-state index in [1.165, 1.54) is 18.9 Å². The van der Waals surface area contributed by atoms with Crippen molar-refractivity contribution in [1.29, 1.82) is 0 Å². The van der Waals surface area contributed by atoms with Crippen molar-refractivity contribution in [2.24, 2.45) is 11.3 Å². The van der Waals surface area contributed by atoms with Gasteiger partial charge >= 0.3 is 0 Å². The molecular formula is C16H24O3S. The minimum atomic E-state index is -4.12. The molecule has 1 fully saturated rings. The van der Waals surface area contributed by atoms with Crippen LogP contribution in [0.25, 0.3) is 0 Å². The summed E-state index contributed by atoms with van der Waals surface area (Å²) in [5, 5.41) is 0. The molecule has 1 aromatic carbocycles. The largest absolute Gasteiger partial charge is 0.294 e. The monoisotopic (exact) mass is 296 g/mol. The van der Waals surface area contributed by atoms with Gasteiger partial charge < -0.3 is 0 Å². The predicted octanol–water partition coefficient (Wildman–Crippen LogP) is 4.00. The maximum absolute atomic E-state index is 11.5. The molecule has 3 nitrogen and oxygen atoms in total. The van der Waals surface area contributed by atoms with Crippen LogP contribution in [0.15, 0.2) is 23.1 Å². The van der Waals surface area contributed by atoms with Crippen molar-refractivity contribution >= 4 is 10.1 Å². The van der Waals surface area contributed by atoms with E-state index < -0.39 is 10.1 Å². The Morgan fingerprint density at radius 1 is 1.25 bits per heavy atom. The zero-order chi connectivity index (χ0) is 15.0. The van der Waals surface area contributed by atoms with Gasteiger partial charge in [0.05, 0.1) is 4.90 Å². The van der Waals surface area contributed by atoms with Gasteiger partial charge in [-0.25, -0.2) is 0 Å². The van der Waals surface area contributed by atoms with E-state index in [4.69, 9.17) is 0 Å². The Morgan fingerprint density at radius 3 is 2.40 bits per heavy atom. The summed E-state index contributed by atoms with van der Waals surface area (Å²) in [7, 11) is -4.12. The Morgan fingerprint density at radius 2 is 1.85 bits per heavy atom. The molecule has 1 saturated carbocycles. The van der Waals surface area contributed by atoms with Crippen molar-refractivity contribution in [1.82, 2.24) is 0 Å². The van der Waals surface area contributed by atoms with Crippen LogP contribution in [0, 0.1) is 18.3 Å². The molecule has 0 radical (unpaired) electrons. The van der Waals surface area contributed by atoms with Crippen LogP contribution in [0.3, 0.4) is 0 Å². The summed E-state index contributed by atoms with van der Waals surface area (Å²) in [5.74, 6) is 0.519. The second-order valence-electron chi connectivity index (χ2n) is 6.90.